The first kappa shape index (κ1) is 28.3. The zero-order valence-electron chi connectivity index (χ0n) is 21.1. The number of thioether (sulfide) groups is 2. The van der Waals surface area contributed by atoms with E-state index in [2.05, 4.69) is 62.6 Å². The minimum Gasteiger partial charge on any atom is -0.325 e. The van der Waals surface area contributed by atoms with Crippen molar-refractivity contribution in [2.24, 2.45) is 0 Å². The maximum atomic E-state index is 12.1. The van der Waals surface area contributed by atoms with Gasteiger partial charge in [0, 0.05) is 11.4 Å². The van der Waals surface area contributed by atoms with E-state index in [4.69, 9.17) is 0 Å². The Morgan fingerprint density at radius 1 is 0.676 bits per heavy atom. The minimum atomic E-state index is 0.0459. The molecule has 0 aliphatic heterocycles. The third kappa shape index (κ3) is 10.6. The molecule has 6 heteroatoms. The highest BCUT2D eigenvalue weighted by Gasteiger charge is 2.07. The molecule has 2 amide bonds. The van der Waals surface area contributed by atoms with Gasteiger partial charge >= 0.3 is 0 Å². The second-order valence-electron chi connectivity index (χ2n) is 8.77. The summed E-state index contributed by atoms with van der Waals surface area (Å²) < 4.78 is 0. The first-order valence-electron chi connectivity index (χ1n) is 12.4. The quantitative estimate of drug-likeness (QED) is 0.248. The molecule has 2 aromatic rings. The lowest BCUT2D eigenvalue weighted by Crippen LogP contribution is -2.14. The van der Waals surface area contributed by atoms with E-state index in [1.54, 1.807) is 23.5 Å². The summed E-state index contributed by atoms with van der Waals surface area (Å²) in [7, 11) is 0. The van der Waals surface area contributed by atoms with Crippen LogP contribution in [0.2, 0.25) is 0 Å². The molecule has 0 heterocycles. The number of anilines is 2. The van der Waals surface area contributed by atoms with Crippen molar-refractivity contribution in [1.82, 2.24) is 0 Å². The van der Waals surface area contributed by atoms with E-state index in [0.29, 0.717) is 23.3 Å². The summed E-state index contributed by atoms with van der Waals surface area (Å²) in [5, 5.41) is 5.95. The average molecular weight is 501 g/mol. The fourth-order valence-electron chi connectivity index (χ4n) is 3.39. The molecule has 2 aromatic carbocycles. The highest BCUT2D eigenvalue weighted by atomic mass is 32.2. The predicted octanol–water partition coefficient (Wildman–Crippen LogP) is 7.54. The number of carbonyl (C=O) groups is 2. The number of carbonyl (C=O) groups excluding carboxylic acids is 2. The van der Waals surface area contributed by atoms with Gasteiger partial charge in [0.15, 0.2) is 0 Å². The molecule has 0 radical (unpaired) electrons. The standard InChI is InChI=1S/C28H40N2O2S2/c1-5-21(3)23-9-13-25(14-10-23)29-27(31)19-33-17-7-8-18-34-20-28(32)30-26-15-11-24(12-16-26)22(4)6-2/h9-16,21-22H,5-8,17-20H2,1-4H3,(H,29,31)(H,30,32)/t21-,22-/m0/s1. The molecule has 0 saturated heterocycles. The SMILES string of the molecule is CC[C@H](C)c1ccc(NC(=O)CSCCCCSCC(=O)Nc2ccc([C@@H](C)CC)cc2)cc1. The molecule has 2 N–H and O–H groups in total. The topological polar surface area (TPSA) is 58.2 Å². The van der Waals surface area contributed by atoms with Gasteiger partial charge in [-0.1, -0.05) is 52.0 Å². The zero-order valence-corrected chi connectivity index (χ0v) is 22.7. The Kier molecular flexibility index (Phi) is 13.2. The van der Waals surface area contributed by atoms with Gasteiger partial charge in [-0.2, -0.15) is 23.5 Å². The highest BCUT2D eigenvalue weighted by molar-refractivity contribution is 8.00. The van der Waals surface area contributed by atoms with Crippen LogP contribution in [-0.2, 0) is 9.59 Å². The Morgan fingerprint density at radius 2 is 1.03 bits per heavy atom. The van der Waals surface area contributed by atoms with Gasteiger partial charge in [-0.15, -0.1) is 0 Å². The van der Waals surface area contributed by atoms with E-state index in [1.807, 2.05) is 24.3 Å². The summed E-state index contributed by atoms with van der Waals surface area (Å²) in [6.45, 7) is 8.79. The Bertz CT molecular complexity index is 795. The molecular weight excluding hydrogens is 460 g/mol. The van der Waals surface area contributed by atoms with E-state index in [1.165, 1.54) is 11.1 Å². The van der Waals surface area contributed by atoms with Crippen molar-refractivity contribution in [3.8, 4) is 0 Å². The van der Waals surface area contributed by atoms with Crippen molar-refractivity contribution >= 4 is 46.7 Å². The lowest BCUT2D eigenvalue weighted by molar-refractivity contribution is -0.114. The average Bonchev–Trinajstić information content (AvgIpc) is 2.85. The number of nitrogens with one attached hydrogen (secondary N) is 2. The lowest BCUT2D eigenvalue weighted by Gasteiger charge is -2.10. The normalized spacial score (nSPS) is 12.7. The molecule has 0 spiro atoms. The van der Waals surface area contributed by atoms with Crippen LogP contribution in [0.4, 0.5) is 11.4 Å². The van der Waals surface area contributed by atoms with Crippen LogP contribution in [0.25, 0.3) is 0 Å². The van der Waals surface area contributed by atoms with Gasteiger partial charge in [0.1, 0.15) is 0 Å². The molecular formula is C28H40N2O2S2. The van der Waals surface area contributed by atoms with Crippen molar-refractivity contribution in [3.05, 3.63) is 59.7 Å². The molecule has 0 saturated carbocycles. The summed E-state index contributed by atoms with van der Waals surface area (Å²) in [5.74, 6) is 4.02. The monoisotopic (exact) mass is 500 g/mol. The summed E-state index contributed by atoms with van der Waals surface area (Å²) in [5.41, 5.74) is 4.33. The Morgan fingerprint density at radius 3 is 1.35 bits per heavy atom. The number of hydrogen-bond acceptors (Lipinski definition) is 4. The van der Waals surface area contributed by atoms with E-state index >= 15 is 0 Å². The lowest BCUT2D eigenvalue weighted by atomic mass is 9.99. The molecule has 2 atom stereocenters. The second kappa shape index (κ2) is 15.9. The largest absolute Gasteiger partial charge is 0.325 e. The number of hydrogen-bond donors (Lipinski definition) is 2. The van der Waals surface area contributed by atoms with Gasteiger partial charge in [-0.25, -0.2) is 0 Å². The molecule has 0 aliphatic rings. The zero-order chi connectivity index (χ0) is 24.8. The van der Waals surface area contributed by atoms with Gasteiger partial charge in [0.25, 0.3) is 0 Å². The van der Waals surface area contributed by atoms with Crippen molar-refractivity contribution in [2.75, 3.05) is 33.6 Å². The smallest absolute Gasteiger partial charge is 0.234 e. The Balaban J connectivity index is 1.50. The summed E-state index contributed by atoms with van der Waals surface area (Å²) in [6, 6.07) is 16.3. The first-order chi connectivity index (χ1) is 16.4. The molecule has 34 heavy (non-hydrogen) atoms. The third-order valence-corrected chi connectivity index (χ3v) is 8.13. The van der Waals surface area contributed by atoms with Crippen molar-refractivity contribution in [3.63, 3.8) is 0 Å². The molecule has 0 fully saturated rings. The fraction of sp³-hybridized carbons (Fsp3) is 0.500. The van der Waals surface area contributed by atoms with E-state index in [-0.39, 0.29) is 11.8 Å². The number of rotatable bonds is 15. The Labute approximate surface area is 214 Å². The van der Waals surface area contributed by atoms with Crippen LogP contribution in [-0.4, -0.2) is 34.8 Å². The van der Waals surface area contributed by atoms with Crippen LogP contribution in [0, 0.1) is 0 Å². The molecule has 2 rings (SSSR count). The minimum absolute atomic E-state index is 0.0459. The summed E-state index contributed by atoms with van der Waals surface area (Å²) >= 11 is 3.32. The maximum Gasteiger partial charge on any atom is 0.234 e. The van der Waals surface area contributed by atoms with Crippen molar-refractivity contribution in [1.29, 1.82) is 0 Å². The van der Waals surface area contributed by atoms with E-state index in [9.17, 15) is 9.59 Å². The van der Waals surface area contributed by atoms with E-state index in [0.717, 1.165) is 48.6 Å². The van der Waals surface area contributed by atoms with Crippen LogP contribution in [0.1, 0.15) is 76.3 Å². The molecule has 4 nitrogen and oxygen atoms in total. The highest BCUT2D eigenvalue weighted by Crippen LogP contribution is 2.22. The number of amides is 2. The van der Waals surface area contributed by atoms with Crippen LogP contribution in [0.3, 0.4) is 0 Å². The number of benzene rings is 2. The summed E-state index contributed by atoms with van der Waals surface area (Å²) in [6.07, 6.45) is 4.32. The molecule has 0 bridgehead atoms. The van der Waals surface area contributed by atoms with Crippen LogP contribution >= 0.6 is 23.5 Å². The Hall–Kier alpha value is -1.92. The molecule has 0 aromatic heterocycles. The molecule has 186 valence electrons. The molecule has 0 unspecified atom stereocenters. The van der Waals surface area contributed by atoms with Crippen LogP contribution in [0.5, 0.6) is 0 Å². The van der Waals surface area contributed by atoms with Gasteiger partial charge in [-0.3, -0.25) is 9.59 Å². The van der Waals surface area contributed by atoms with Crippen LogP contribution < -0.4 is 10.6 Å². The van der Waals surface area contributed by atoms with Crippen LogP contribution in [0.15, 0.2) is 48.5 Å². The van der Waals surface area contributed by atoms with Gasteiger partial charge in [-0.05, 0) is 84.4 Å². The van der Waals surface area contributed by atoms with Gasteiger partial charge in [0.05, 0.1) is 11.5 Å². The van der Waals surface area contributed by atoms with Crippen molar-refractivity contribution < 1.29 is 9.59 Å². The maximum absolute atomic E-state index is 12.1. The van der Waals surface area contributed by atoms with Gasteiger partial charge < -0.3 is 10.6 Å². The van der Waals surface area contributed by atoms with E-state index < -0.39 is 0 Å². The first-order valence-corrected chi connectivity index (χ1v) is 14.7. The molecule has 0 aliphatic carbocycles. The second-order valence-corrected chi connectivity index (χ2v) is 11.0. The fourth-order valence-corrected chi connectivity index (χ4v) is 5.01. The summed E-state index contributed by atoms with van der Waals surface area (Å²) in [4.78, 5) is 24.3. The van der Waals surface area contributed by atoms with Crippen molar-refractivity contribution in [2.45, 2.75) is 65.2 Å². The number of unbranched alkanes of at least 4 members (excludes halogenated alkanes) is 1. The third-order valence-electron chi connectivity index (χ3n) is 6.05. The van der Waals surface area contributed by atoms with Gasteiger partial charge in [0.2, 0.25) is 11.8 Å². The predicted molar refractivity (Wildman–Crippen MR) is 151 cm³/mol.